The van der Waals surface area contributed by atoms with Gasteiger partial charge in [-0.2, -0.15) is 0 Å². The Morgan fingerprint density at radius 2 is 2.00 bits per heavy atom. The topological polar surface area (TPSA) is 90.2 Å². The fourth-order valence-corrected chi connectivity index (χ4v) is 1.09. The Morgan fingerprint density at radius 3 is 2.18 bits per heavy atom. The van der Waals surface area contributed by atoms with E-state index in [1.807, 2.05) is 0 Å². The molecule has 5 nitrogen and oxygen atoms in total. The maximum absolute atomic E-state index is 9.40. The van der Waals surface area contributed by atoms with E-state index >= 15 is 0 Å². The molecule has 1 heterocycles. The van der Waals surface area contributed by atoms with Crippen molar-refractivity contribution >= 4 is 0 Å². The standard InChI is InChI=1S/C6H12O5/c1-6(10)3(2-7)11-5(9)4(6)8/h3-5,7-10H,2H2,1H3/t3-,4+,5?,6-/m1/s1. The number of aliphatic hydroxyl groups is 4. The second-order valence-corrected chi connectivity index (χ2v) is 2.87. The first kappa shape index (κ1) is 8.89. The Labute approximate surface area is 63.8 Å². The van der Waals surface area contributed by atoms with Gasteiger partial charge in [-0.25, -0.2) is 0 Å². The highest BCUT2D eigenvalue weighted by Gasteiger charge is 2.51. The summed E-state index contributed by atoms with van der Waals surface area (Å²) in [6, 6.07) is 0. The van der Waals surface area contributed by atoms with Crippen LogP contribution in [0.25, 0.3) is 0 Å². The van der Waals surface area contributed by atoms with Crippen molar-refractivity contribution in [3.05, 3.63) is 0 Å². The molecule has 0 aliphatic carbocycles. The second kappa shape index (κ2) is 2.69. The molecule has 1 aliphatic heterocycles. The molecule has 0 bridgehead atoms. The van der Waals surface area contributed by atoms with Crippen molar-refractivity contribution in [2.45, 2.75) is 31.0 Å². The smallest absolute Gasteiger partial charge is 0.184 e. The largest absolute Gasteiger partial charge is 0.394 e. The Hall–Kier alpha value is -0.200. The summed E-state index contributed by atoms with van der Waals surface area (Å²) in [5.41, 5.74) is -1.58. The lowest BCUT2D eigenvalue weighted by molar-refractivity contribution is -0.132. The highest BCUT2D eigenvalue weighted by Crippen LogP contribution is 2.29. The third kappa shape index (κ3) is 1.25. The van der Waals surface area contributed by atoms with Crippen molar-refractivity contribution in [2.24, 2.45) is 0 Å². The molecule has 66 valence electrons. The Bertz CT molecular complexity index is 146. The molecule has 1 fully saturated rings. The van der Waals surface area contributed by atoms with Crippen LogP contribution in [0.15, 0.2) is 0 Å². The van der Waals surface area contributed by atoms with E-state index in [-0.39, 0.29) is 0 Å². The molecule has 0 aromatic rings. The first-order valence-corrected chi connectivity index (χ1v) is 3.35. The second-order valence-electron chi connectivity index (χ2n) is 2.87. The zero-order chi connectivity index (χ0) is 8.65. The summed E-state index contributed by atoms with van der Waals surface area (Å²) in [6.07, 6.45) is -3.70. The molecular formula is C6H12O5. The van der Waals surface area contributed by atoms with E-state index in [0.29, 0.717) is 0 Å². The average molecular weight is 164 g/mol. The summed E-state index contributed by atoms with van der Waals surface area (Å²) in [6.45, 7) is 0.871. The van der Waals surface area contributed by atoms with Gasteiger partial charge in [-0.05, 0) is 6.92 Å². The monoisotopic (exact) mass is 164 g/mol. The van der Waals surface area contributed by atoms with E-state index in [1.54, 1.807) is 0 Å². The summed E-state index contributed by atoms with van der Waals surface area (Å²) >= 11 is 0. The van der Waals surface area contributed by atoms with Crippen molar-refractivity contribution in [1.29, 1.82) is 0 Å². The van der Waals surface area contributed by atoms with Crippen LogP contribution in [0.4, 0.5) is 0 Å². The molecule has 0 amide bonds. The fraction of sp³-hybridized carbons (Fsp3) is 1.00. The Kier molecular flexibility index (Phi) is 2.17. The molecule has 4 atom stereocenters. The van der Waals surface area contributed by atoms with Gasteiger partial charge >= 0.3 is 0 Å². The molecule has 5 heteroatoms. The van der Waals surface area contributed by atoms with Gasteiger partial charge in [0.25, 0.3) is 0 Å². The molecular weight excluding hydrogens is 152 g/mol. The SMILES string of the molecule is C[C@@]1(O)[C@@H](CO)OC(O)[C@@H]1O. The summed E-state index contributed by atoms with van der Waals surface area (Å²) in [4.78, 5) is 0. The van der Waals surface area contributed by atoms with Crippen LogP contribution in [-0.4, -0.2) is 51.1 Å². The minimum Gasteiger partial charge on any atom is -0.394 e. The number of hydrogen-bond donors (Lipinski definition) is 4. The Balaban J connectivity index is 2.74. The highest BCUT2D eigenvalue weighted by atomic mass is 16.6. The molecule has 1 aliphatic rings. The van der Waals surface area contributed by atoms with Gasteiger partial charge in [0, 0.05) is 0 Å². The van der Waals surface area contributed by atoms with Crippen molar-refractivity contribution < 1.29 is 25.2 Å². The quantitative estimate of drug-likeness (QED) is 0.353. The van der Waals surface area contributed by atoms with E-state index < -0.39 is 30.7 Å². The minimum absolute atomic E-state index is 0.429. The van der Waals surface area contributed by atoms with Crippen molar-refractivity contribution in [3.8, 4) is 0 Å². The van der Waals surface area contributed by atoms with Gasteiger partial charge < -0.3 is 25.2 Å². The van der Waals surface area contributed by atoms with E-state index in [9.17, 15) is 5.11 Å². The van der Waals surface area contributed by atoms with E-state index in [1.165, 1.54) is 6.92 Å². The number of hydrogen-bond acceptors (Lipinski definition) is 5. The number of ether oxygens (including phenoxy) is 1. The average Bonchev–Trinajstić information content (AvgIpc) is 2.13. The summed E-state index contributed by atoms with van der Waals surface area (Å²) in [5, 5.41) is 36.0. The van der Waals surface area contributed by atoms with Crippen LogP contribution in [0.3, 0.4) is 0 Å². The van der Waals surface area contributed by atoms with Gasteiger partial charge in [0.2, 0.25) is 0 Å². The van der Waals surface area contributed by atoms with Crippen molar-refractivity contribution in [1.82, 2.24) is 0 Å². The number of rotatable bonds is 1. The zero-order valence-electron chi connectivity index (χ0n) is 6.14. The summed E-state index contributed by atoms with van der Waals surface area (Å²) < 4.78 is 4.64. The third-order valence-electron chi connectivity index (χ3n) is 1.99. The van der Waals surface area contributed by atoms with E-state index in [0.717, 1.165) is 0 Å². The number of aliphatic hydroxyl groups excluding tert-OH is 3. The molecule has 1 unspecified atom stereocenters. The predicted molar refractivity (Wildman–Crippen MR) is 34.6 cm³/mol. The first-order valence-electron chi connectivity index (χ1n) is 3.35. The molecule has 0 aromatic heterocycles. The molecule has 0 saturated carbocycles. The summed E-state index contributed by atoms with van der Waals surface area (Å²) in [7, 11) is 0. The summed E-state index contributed by atoms with van der Waals surface area (Å²) in [5.74, 6) is 0. The molecule has 0 radical (unpaired) electrons. The van der Waals surface area contributed by atoms with Gasteiger partial charge in [0.05, 0.1) is 6.61 Å². The van der Waals surface area contributed by atoms with Crippen LogP contribution in [-0.2, 0) is 4.74 Å². The maximum atomic E-state index is 9.40. The van der Waals surface area contributed by atoms with Crippen LogP contribution in [0, 0.1) is 0 Å². The van der Waals surface area contributed by atoms with Crippen LogP contribution in [0.1, 0.15) is 6.92 Å². The van der Waals surface area contributed by atoms with E-state index in [2.05, 4.69) is 4.74 Å². The van der Waals surface area contributed by atoms with Crippen LogP contribution in [0.5, 0.6) is 0 Å². The highest BCUT2D eigenvalue weighted by molar-refractivity contribution is 4.96. The van der Waals surface area contributed by atoms with Gasteiger partial charge in [-0.15, -0.1) is 0 Å². The van der Waals surface area contributed by atoms with Crippen LogP contribution >= 0.6 is 0 Å². The van der Waals surface area contributed by atoms with Gasteiger partial charge in [0.1, 0.15) is 17.8 Å². The third-order valence-corrected chi connectivity index (χ3v) is 1.99. The molecule has 11 heavy (non-hydrogen) atoms. The van der Waals surface area contributed by atoms with Crippen LogP contribution < -0.4 is 0 Å². The van der Waals surface area contributed by atoms with Gasteiger partial charge in [0.15, 0.2) is 6.29 Å². The van der Waals surface area contributed by atoms with E-state index in [4.69, 9.17) is 15.3 Å². The Morgan fingerprint density at radius 1 is 1.45 bits per heavy atom. The molecule has 4 N–H and O–H groups in total. The molecule has 1 saturated heterocycles. The van der Waals surface area contributed by atoms with Gasteiger partial charge in [-0.3, -0.25) is 0 Å². The predicted octanol–water partition coefficient (Wildman–Crippen LogP) is -2.19. The van der Waals surface area contributed by atoms with Crippen molar-refractivity contribution in [2.75, 3.05) is 6.61 Å². The zero-order valence-corrected chi connectivity index (χ0v) is 6.14. The fourth-order valence-electron chi connectivity index (χ4n) is 1.09. The lowest BCUT2D eigenvalue weighted by Gasteiger charge is -2.24. The lowest BCUT2D eigenvalue weighted by atomic mass is 9.96. The normalized spacial score (nSPS) is 51.5. The molecule has 1 rings (SSSR count). The molecule has 0 spiro atoms. The van der Waals surface area contributed by atoms with Crippen LogP contribution in [0.2, 0.25) is 0 Å². The molecule has 0 aromatic carbocycles. The van der Waals surface area contributed by atoms with Gasteiger partial charge in [-0.1, -0.05) is 0 Å². The first-order chi connectivity index (χ1) is 5.00. The minimum atomic E-state index is -1.58. The lowest BCUT2D eigenvalue weighted by Crippen LogP contribution is -2.46. The van der Waals surface area contributed by atoms with Crippen molar-refractivity contribution in [3.63, 3.8) is 0 Å². The maximum Gasteiger partial charge on any atom is 0.184 e.